The number of nitrogens with two attached hydrogens (primary N) is 3. The second-order valence-electron chi connectivity index (χ2n) is 6.51. The Hall–Kier alpha value is -2.76. The van der Waals surface area contributed by atoms with E-state index < -0.39 is 29.3 Å². The summed E-state index contributed by atoms with van der Waals surface area (Å²) in [7, 11) is 0. The minimum atomic E-state index is -1.09. The molecular formula is C19H32N6O5. The van der Waals surface area contributed by atoms with Crippen molar-refractivity contribution in [2.24, 2.45) is 22.2 Å². The molecule has 6 N–H and O–H groups in total. The van der Waals surface area contributed by atoms with Crippen molar-refractivity contribution in [3.63, 3.8) is 0 Å². The molecule has 0 unspecified atom stereocenters. The highest BCUT2D eigenvalue weighted by molar-refractivity contribution is 5.81. The summed E-state index contributed by atoms with van der Waals surface area (Å²) in [6, 6.07) is 7.02. The maximum Gasteiger partial charge on any atom is 0.300 e. The summed E-state index contributed by atoms with van der Waals surface area (Å²) in [6.45, 7) is 4.30. The Morgan fingerprint density at radius 3 is 2.30 bits per heavy atom. The Kier molecular flexibility index (Phi) is 11.3. The standard InChI is InChI=1S/C19H32N6O5/c1-3-29-18(30-4-2)16(13-14-9-6-5-7-10-14)24(25(27)28)17(26)15(20)11-8-12-23-19(21)22/h5-7,9-10,15-16,18H,3-4,8,11-13,20H2,1-2H3,(H4,21,22,23)/t15-,16-/m0/s1. The van der Waals surface area contributed by atoms with Gasteiger partial charge in [0.05, 0.1) is 6.04 Å². The first kappa shape index (κ1) is 25.3. The van der Waals surface area contributed by atoms with Crippen LogP contribution >= 0.6 is 0 Å². The van der Waals surface area contributed by atoms with Crippen LogP contribution in [0.5, 0.6) is 0 Å². The minimum absolute atomic E-state index is 0.0685. The Labute approximate surface area is 176 Å². The number of nitro groups is 1. The lowest BCUT2D eigenvalue weighted by Gasteiger charge is -2.31. The van der Waals surface area contributed by atoms with E-state index in [4.69, 9.17) is 26.7 Å². The zero-order chi connectivity index (χ0) is 22.5. The molecule has 0 heterocycles. The largest absolute Gasteiger partial charge is 0.370 e. The number of amides is 1. The molecule has 0 fully saturated rings. The van der Waals surface area contributed by atoms with Gasteiger partial charge in [-0.1, -0.05) is 35.3 Å². The fourth-order valence-electron chi connectivity index (χ4n) is 2.93. The average Bonchev–Trinajstić information content (AvgIpc) is 2.70. The van der Waals surface area contributed by atoms with Gasteiger partial charge in [-0.05, 0) is 32.3 Å². The van der Waals surface area contributed by atoms with Crippen LogP contribution in [0.25, 0.3) is 0 Å². The van der Waals surface area contributed by atoms with Gasteiger partial charge in [0.15, 0.2) is 23.3 Å². The van der Waals surface area contributed by atoms with Gasteiger partial charge >= 0.3 is 5.91 Å². The summed E-state index contributed by atoms with van der Waals surface area (Å²) in [6.07, 6.45) is -0.228. The number of benzene rings is 1. The smallest absolute Gasteiger partial charge is 0.300 e. The van der Waals surface area contributed by atoms with E-state index in [1.165, 1.54) is 0 Å². The molecule has 0 aliphatic carbocycles. The van der Waals surface area contributed by atoms with Crippen molar-refractivity contribution < 1.29 is 19.3 Å². The third-order valence-electron chi connectivity index (χ3n) is 4.26. The van der Waals surface area contributed by atoms with Crippen LogP contribution in [-0.2, 0) is 20.7 Å². The van der Waals surface area contributed by atoms with Crippen molar-refractivity contribution in [2.75, 3.05) is 19.8 Å². The van der Waals surface area contributed by atoms with E-state index in [9.17, 15) is 14.9 Å². The summed E-state index contributed by atoms with van der Waals surface area (Å²) in [5.41, 5.74) is 17.3. The molecule has 0 spiro atoms. The lowest BCUT2D eigenvalue weighted by Crippen LogP contribution is -2.57. The molecule has 0 aliphatic rings. The molecule has 0 bridgehead atoms. The molecule has 11 heteroatoms. The molecule has 0 radical (unpaired) electrons. The van der Waals surface area contributed by atoms with Crippen molar-refractivity contribution >= 4 is 11.9 Å². The molecule has 168 valence electrons. The highest BCUT2D eigenvalue weighted by Gasteiger charge is 2.42. The zero-order valence-electron chi connectivity index (χ0n) is 17.5. The lowest BCUT2D eigenvalue weighted by molar-refractivity contribution is -0.648. The van der Waals surface area contributed by atoms with Crippen molar-refractivity contribution in [3.05, 3.63) is 46.0 Å². The van der Waals surface area contributed by atoms with Crippen LogP contribution < -0.4 is 17.2 Å². The molecule has 0 saturated heterocycles. The number of carbonyl (C=O) groups excluding carboxylic acids is 1. The van der Waals surface area contributed by atoms with Crippen LogP contribution in [0.1, 0.15) is 32.3 Å². The molecule has 2 atom stereocenters. The summed E-state index contributed by atoms with van der Waals surface area (Å²) < 4.78 is 11.2. The van der Waals surface area contributed by atoms with Crippen molar-refractivity contribution in [1.29, 1.82) is 0 Å². The molecule has 0 aromatic heterocycles. The molecule has 1 aromatic carbocycles. The summed E-state index contributed by atoms with van der Waals surface area (Å²) in [5, 5.41) is 11.7. The number of rotatable bonds is 14. The number of aliphatic imine (C=N–C) groups is 1. The van der Waals surface area contributed by atoms with Crippen LogP contribution in [0, 0.1) is 10.1 Å². The quantitative estimate of drug-likeness (QED) is 0.0961. The Morgan fingerprint density at radius 1 is 1.20 bits per heavy atom. The lowest BCUT2D eigenvalue weighted by atomic mass is 10.0. The minimum Gasteiger partial charge on any atom is -0.370 e. The van der Waals surface area contributed by atoms with E-state index in [-0.39, 0.29) is 38.6 Å². The Balaban J connectivity index is 3.10. The maximum atomic E-state index is 12.9. The molecule has 0 saturated carbocycles. The van der Waals surface area contributed by atoms with Crippen molar-refractivity contribution in [3.8, 4) is 0 Å². The van der Waals surface area contributed by atoms with Crippen LogP contribution in [0.4, 0.5) is 0 Å². The number of hydrogen-bond acceptors (Lipinski definition) is 7. The van der Waals surface area contributed by atoms with Gasteiger partial charge in [0.1, 0.15) is 0 Å². The van der Waals surface area contributed by atoms with Gasteiger partial charge in [-0.15, -0.1) is 0 Å². The van der Waals surface area contributed by atoms with Crippen LogP contribution in [0.15, 0.2) is 35.3 Å². The molecular weight excluding hydrogens is 392 g/mol. The molecule has 1 rings (SSSR count). The molecule has 1 aromatic rings. The number of guanidine groups is 1. The van der Waals surface area contributed by atoms with Gasteiger partial charge < -0.3 is 26.7 Å². The maximum absolute atomic E-state index is 12.9. The summed E-state index contributed by atoms with van der Waals surface area (Å²) in [5.74, 6) is -0.893. The third-order valence-corrected chi connectivity index (χ3v) is 4.26. The SMILES string of the molecule is CCOC(OCC)[C@H](Cc1ccccc1)N(C(=O)[C@@H](N)CCCN=C(N)N)[N+](=O)[O-]. The van der Waals surface area contributed by atoms with Crippen molar-refractivity contribution in [1.82, 2.24) is 5.01 Å². The van der Waals surface area contributed by atoms with Crippen LogP contribution in [0.3, 0.4) is 0 Å². The molecule has 1 amide bonds. The zero-order valence-corrected chi connectivity index (χ0v) is 17.5. The van der Waals surface area contributed by atoms with E-state index in [1.807, 2.05) is 30.3 Å². The number of carbonyl (C=O) groups is 1. The van der Waals surface area contributed by atoms with E-state index in [0.29, 0.717) is 11.4 Å². The number of hydrazine groups is 1. The van der Waals surface area contributed by atoms with E-state index in [1.54, 1.807) is 13.8 Å². The highest BCUT2D eigenvalue weighted by atomic mass is 16.7. The Bertz CT molecular complexity index is 677. The summed E-state index contributed by atoms with van der Waals surface area (Å²) >= 11 is 0. The first-order valence-electron chi connectivity index (χ1n) is 9.87. The third kappa shape index (κ3) is 8.31. The fraction of sp³-hybridized carbons (Fsp3) is 0.579. The van der Waals surface area contributed by atoms with Gasteiger partial charge in [0, 0.05) is 26.2 Å². The first-order valence-corrected chi connectivity index (χ1v) is 9.87. The van der Waals surface area contributed by atoms with Gasteiger partial charge in [-0.2, -0.15) is 0 Å². The van der Waals surface area contributed by atoms with Crippen molar-refractivity contribution in [2.45, 2.75) is 51.5 Å². The highest BCUT2D eigenvalue weighted by Crippen LogP contribution is 2.18. The molecule has 11 nitrogen and oxygen atoms in total. The molecule has 30 heavy (non-hydrogen) atoms. The van der Waals surface area contributed by atoms with Crippen LogP contribution in [0.2, 0.25) is 0 Å². The van der Waals surface area contributed by atoms with E-state index in [2.05, 4.69) is 4.99 Å². The average molecular weight is 425 g/mol. The second kappa shape index (κ2) is 13.5. The fourth-order valence-corrected chi connectivity index (χ4v) is 2.93. The van der Waals surface area contributed by atoms with Gasteiger partial charge in [0.25, 0.3) is 0 Å². The van der Waals surface area contributed by atoms with E-state index >= 15 is 0 Å². The predicted octanol–water partition coefficient (Wildman–Crippen LogP) is 0.398. The normalized spacial score (nSPS) is 12.9. The van der Waals surface area contributed by atoms with Gasteiger partial charge in [-0.25, -0.2) is 10.1 Å². The van der Waals surface area contributed by atoms with Gasteiger partial charge in [-0.3, -0.25) is 9.79 Å². The van der Waals surface area contributed by atoms with E-state index in [0.717, 1.165) is 5.56 Å². The van der Waals surface area contributed by atoms with Gasteiger partial charge in [0.2, 0.25) is 0 Å². The Morgan fingerprint density at radius 2 is 1.80 bits per heavy atom. The monoisotopic (exact) mass is 424 g/mol. The topological polar surface area (TPSA) is 172 Å². The summed E-state index contributed by atoms with van der Waals surface area (Å²) in [4.78, 5) is 28.6. The number of hydrogen-bond donors (Lipinski definition) is 3. The number of ether oxygens (including phenoxy) is 2. The second-order valence-corrected chi connectivity index (χ2v) is 6.51. The van der Waals surface area contributed by atoms with Crippen LogP contribution in [-0.4, -0.2) is 60.0 Å². The number of nitrogens with zero attached hydrogens (tertiary/aromatic N) is 3. The first-order chi connectivity index (χ1) is 14.3. The predicted molar refractivity (Wildman–Crippen MR) is 113 cm³/mol. The molecule has 0 aliphatic heterocycles.